The van der Waals surface area contributed by atoms with Gasteiger partial charge in [-0.05, 0) is 52.9 Å². The normalized spacial score (nSPS) is 14.0. The molecule has 0 saturated carbocycles. The second kappa shape index (κ2) is 7.57. The van der Waals surface area contributed by atoms with E-state index >= 15 is 0 Å². The van der Waals surface area contributed by atoms with Crippen molar-refractivity contribution in [1.82, 2.24) is 10.2 Å². The van der Waals surface area contributed by atoms with Crippen molar-refractivity contribution in [3.8, 4) is 0 Å². The average Bonchev–Trinajstić information content (AvgIpc) is 2.41. The van der Waals surface area contributed by atoms with Gasteiger partial charge in [-0.3, -0.25) is 5.32 Å². The Hall–Kier alpha value is -1.39. The van der Waals surface area contributed by atoms with Gasteiger partial charge in [-0.1, -0.05) is 23.8 Å². The largest absolute Gasteiger partial charge is 0.464 e. The molecule has 0 aromatic heterocycles. The molecule has 0 amide bonds. The van der Waals surface area contributed by atoms with Crippen LogP contribution in [0.25, 0.3) is 0 Å². The zero-order chi connectivity index (χ0) is 16.0. The molecule has 1 rings (SSSR count). The molecular weight excluding hydrogens is 264 g/mol. The fraction of sp³-hybridized carbons (Fsp3) is 0.588. The van der Waals surface area contributed by atoms with Crippen LogP contribution in [-0.2, 0) is 15.1 Å². The van der Waals surface area contributed by atoms with Crippen molar-refractivity contribution in [3.63, 3.8) is 0 Å². The smallest absolute Gasteiger partial charge is 0.330 e. The summed E-state index contributed by atoms with van der Waals surface area (Å²) < 4.78 is 5.30. The number of nitrogens with zero attached hydrogens (tertiary/aromatic N) is 1. The van der Waals surface area contributed by atoms with Crippen molar-refractivity contribution in [1.29, 1.82) is 0 Å². The zero-order valence-corrected chi connectivity index (χ0v) is 14.1. The van der Waals surface area contributed by atoms with E-state index in [-0.39, 0.29) is 5.97 Å². The monoisotopic (exact) mass is 292 g/mol. The molecular formula is C17H28N2O2. The van der Waals surface area contributed by atoms with Gasteiger partial charge in [0.2, 0.25) is 0 Å². The highest BCUT2D eigenvalue weighted by molar-refractivity contribution is 5.82. The van der Waals surface area contributed by atoms with E-state index in [0.717, 1.165) is 29.8 Å². The predicted octanol–water partition coefficient (Wildman–Crippen LogP) is 2.23. The lowest BCUT2D eigenvalue weighted by Crippen LogP contribution is -2.50. The zero-order valence-electron chi connectivity index (χ0n) is 14.1. The van der Waals surface area contributed by atoms with Crippen LogP contribution >= 0.6 is 0 Å². The summed E-state index contributed by atoms with van der Waals surface area (Å²) in [6.45, 7) is 9.77. The van der Waals surface area contributed by atoms with Gasteiger partial charge in [-0.2, -0.15) is 0 Å². The number of hydrogen-bond acceptors (Lipinski definition) is 4. The maximum Gasteiger partial charge on any atom is 0.330 e. The lowest BCUT2D eigenvalue weighted by Gasteiger charge is -2.31. The van der Waals surface area contributed by atoms with Crippen molar-refractivity contribution in [2.45, 2.75) is 33.2 Å². The quantitative estimate of drug-likeness (QED) is 0.783. The summed E-state index contributed by atoms with van der Waals surface area (Å²) in [5, 5.41) is 3.38. The first kappa shape index (κ1) is 17.7. The lowest BCUT2D eigenvalue weighted by molar-refractivity contribution is -0.151. The van der Waals surface area contributed by atoms with Gasteiger partial charge in [0.15, 0.2) is 0 Å². The Morgan fingerprint density at radius 2 is 2.00 bits per heavy atom. The van der Waals surface area contributed by atoms with Crippen LogP contribution in [0.2, 0.25) is 0 Å². The molecule has 0 aliphatic heterocycles. The van der Waals surface area contributed by atoms with Gasteiger partial charge in [0, 0.05) is 13.1 Å². The molecule has 0 aliphatic carbocycles. The van der Waals surface area contributed by atoms with Crippen molar-refractivity contribution in [3.05, 3.63) is 34.9 Å². The standard InChI is InChI=1S/C17H28N2O2/c1-7-21-16(20)17(4,18-10-11-19(5)6)15-12-13(2)8-9-14(15)3/h8-9,12,18H,7,10-11H2,1-6H3. The van der Waals surface area contributed by atoms with Crippen molar-refractivity contribution in [2.75, 3.05) is 33.8 Å². The van der Waals surface area contributed by atoms with E-state index in [1.54, 1.807) is 0 Å². The van der Waals surface area contributed by atoms with E-state index in [1.807, 2.05) is 41.8 Å². The number of benzene rings is 1. The summed E-state index contributed by atoms with van der Waals surface area (Å²) >= 11 is 0. The first-order valence-corrected chi connectivity index (χ1v) is 7.46. The van der Waals surface area contributed by atoms with Crippen LogP contribution in [0.15, 0.2) is 18.2 Å². The van der Waals surface area contributed by atoms with Crippen LogP contribution in [0.1, 0.15) is 30.5 Å². The molecule has 0 aliphatic rings. The number of rotatable bonds is 7. The second-order valence-electron chi connectivity index (χ2n) is 5.89. The molecule has 0 heterocycles. The van der Waals surface area contributed by atoms with Gasteiger partial charge >= 0.3 is 5.97 Å². The number of hydrogen-bond donors (Lipinski definition) is 1. The van der Waals surface area contributed by atoms with E-state index in [0.29, 0.717) is 6.61 Å². The number of likely N-dealkylation sites (N-methyl/N-ethyl adjacent to an activating group) is 1. The minimum atomic E-state index is -0.817. The Labute approximate surface area is 128 Å². The highest BCUT2D eigenvalue weighted by atomic mass is 16.5. The van der Waals surface area contributed by atoms with E-state index in [9.17, 15) is 4.79 Å². The van der Waals surface area contributed by atoms with Crippen molar-refractivity contribution in [2.24, 2.45) is 0 Å². The Bertz CT molecular complexity index is 486. The Morgan fingerprint density at radius 1 is 1.33 bits per heavy atom. The molecule has 4 nitrogen and oxygen atoms in total. The molecule has 21 heavy (non-hydrogen) atoms. The van der Waals surface area contributed by atoms with E-state index in [2.05, 4.69) is 28.4 Å². The Balaban J connectivity index is 3.11. The number of aryl methyl sites for hydroxylation is 2. The van der Waals surface area contributed by atoms with Crippen LogP contribution in [0.3, 0.4) is 0 Å². The third kappa shape index (κ3) is 4.55. The molecule has 0 radical (unpaired) electrons. The second-order valence-corrected chi connectivity index (χ2v) is 5.89. The predicted molar refractivity (Wildman–Crippen MR) is 86.5 cm³/mol. The Morgan fingerprint density at radius 3 is 2.57 bits per heavy atom. The molecule has 1 unspecified atom stereocenters. The molecule has 0 saturated heterocycles. The van der Waals surface area contributed by atoms with E-state index in [4.69, 9.17) is 4.74 Å². The minimum absolute atomic E-state index is 0.225. The summed E-state index contributed by atoms with van der Waals surface area (Å²) in [6, 6.07) is 6.18. The lowest BCUT2D eigenvalue weighted by atomic mass is 9.87. The van der Waals surface area contributed by atoms with Gasteiger partial charge in [-0.25, -0.2) is 4.79 Å². The molecule has 1 aromatic rings. The van der Waals surface area contributed by atoms with Crippen LogP contribution in [0.5, 0.6) is 0 Å². The summed E-state index contributed by atoms with van der Waals surface area (Å²) in [7, 11) is 4.03. The van der Waals surface area contributed by atoms with Gasteiger partial charge in [0.25, 0.3) is 0 Å². The first-order chi connectivity index (χ1) is 9.81. The summed E-state index contributed by atoms with van der Waals surface area (Å²) in [5.41, 5.74) is 2.40. The molecule has 1 atom stereocenters. The SMILES string of the molecule is CCOC(=O)C(C)(NCCN(C)C)c1cc(C)ccc1C. The molecule has 0 fully saturated rings. The number of carbonyl (C=O) groups excluding carboxylic acids is 1. The van der Waals surface area contributed by atoms with Crippen LogP contribution in [0.4, 0.5) is 0 Å². The molecule has 4 heteroatoms. The molecule has 0 bridgehead atoms. The van der Waals surface area contributed by atoms with Crippen LogP contribution < -0.4 is 5.32 Å². The Kier molecular flexibility index (Phi) is 6.37. The van der Waals surface area contributed by atoms with Gasteiger partial charge < -0.3 is 9.64 Å². The topological polar surface area (TPSA) is 41.6 Å². The van der Waals surface area contributed by atoms with E-state index < -0.39 is 5.54 Å². The molecule has 0 spiro atoms. The molecule has 1 aromatic carbocycles. The summed E-state index contributed by atoms with van der Waals surface area (Å²) in [6.07, 6.45) is 0. The maximum absolute atomic E-state index is 12.5. The van der Waals surface area contributed by atoms with Gasteiger partial charge in [0.1, 0.15) is 5.54 Å². The summed E-state index contributed by atoms with van der Waals surface area (Å²) in [4.78, 5) is 14.6. The number of nitrogens with one attached hydrogen (secondary N) is 1. The third-order valence-corrected chi connectivity index (χ3v) is 3.65. The summed E-state index contributed by atoms with van der Waals surface area (Å²) in [5.74, 6) is -0.225. The van der Waals surface area contributed by atoms with Crippen molar-refractivity contribution < 1.29 is 9.53 Å². The third-order valence-electron chi connectivity index (χ3n) is 3.65. The van der Waals surface area contributed by atoms with Crippen LogP contribution in [0, 0.1) is 13.8 Å². The first-order valence-electron chi connectivity index (χ1n) is 7.46. The fourth-order valence-corrected chi connectivity index (χ4v) is 2.36. The minimum Gasteiger partial charge on any atom is -0.464 e. The van der Waals surface area contributed by atoms with Gasteiger partial charge in [-0.15, -0.1) is 0 Å². The molecule has 1 N–H and O–H groups in total. The van der Waals surface area contributed by atoms with E-state index in [1.165, 1.54) is 0 Å². The molecule has 118 valence electrons. The number of carbonyl (C=O) groups is 1. The van der Waals surface area contributed by atoms with Gasteiger partial charge in [0.05, 0.1) is 6.61 Å². The fourth-order valence-electron chi connectivity index (χ4n) is 2.36. The van der Waals surface area contributed by atoms with Crippen LogP contribution in [-0.4, -0.2) is 44.7 Å². The highest BCUT2D eigenvalue weighted by Gasteiger charge is 2.37. The highest BCUT2D eigenvalue weighted by Crippen LogP contribution is 2.26. The number of esters is 1. The number of ether oxygens (including phenoxy) is 1. The van der Waals surface area contributed by atoms with Crippen molar-refractivity contribution >= 4 is 5.97 Å². The maximum atomic E-state index is 12.5. The average molecular weight is 292 g/mol.